The van der Waals surface area contributed by atoms with Crippen LogP contribution in [0.5, 0.6) is 0 Å². The van der Waals surface area contributed by atoms with Crippen molar-refractivity contribution < 1.29 is 0 Å². The highest BCUT2D eigenvalue weighted by molar-refractivity contribution is 7.20. The maximum absolute atomic E-state index is 2.34. The number of thiophene rings is 1. The molecule has 0 aliphatic rings. The SMILES string of the molecule is Cc1ccccc1C(=Cc1ccc(-c2sc(-c3ccccc3)c(-c3ccccc3)c2-c2ccccc2)cc1)c1ccccc1C. The lowest BCUT2D eigenvalue weighted by molar-refractivity contribution is 1.38. The van der Waals surface area contributed by atoms with E-state index in [0.717, 1.165) is 0 Å². The summed E-state index contributed by atoms with van der Waals surface area (Å²) in [6, 6.07) is 59.0. The van der Waals surface area contributed by atoms with Gasteiger partial charge in [-0.25, -0.2) is 0 Å². The molecule has 0 spiro atoms. The van der Waals surface area contributed by atoms with Gasteiger partial charge in [0, 0.05) is 20.9 Å². The van der Waals surface area contributed by atoms with Crippen LogP contribution in [-0.2, 0) is 0 Å². The second-order valence-electron chi connectivity index (χ2n) is 11.4. The highest BCUT2D eigenvalue weighted by Crippen LogP contribution is 2.52. The first-order chi connectivity index (χ1) is 22.2. The molecular formula is C44H34S. The molecule has 0 saturated heterocycles. The molecule has 7 aromatic rings. The highest BCUT2D eigenvalue weighted by Gasteiger charge is 2.23. The minimum absolute atomic E-state index is 1.18. The van der Waals surface area contributed by atoms with Crippen LogP contribution in [0.25, 0.3) is 54.8 Å². The van der Waals surface area contributed by atoms with Crippen molar-refractivity contribution >= 4 is 23.0 Å². The summed E-state index contributed by atoms with van der Waals surface area (Å²) in [5.41, 5.74) is 15.0. The lowest BCUT2D eigenvalue weighted by Gasteiger charge is -2.14. The molecule has 0 atom stereocenters. The summed E-state index contributed by atoms with van der Waals surface area (Å²) in [5, 5.41) is 0. The van der Waals surface area contributed by atoms with Crippen LogP contribution < -0.4 is 0 Å². The fraction of sp³-hybridized carbons (Fsp3) is 0.0455. The van der Waals surface area contributed by atoms with Crippen LogP contribution in [0.4, 0.5) is 0 Å². The molecule has 0 radical (unpaired) electrons. The molecule has 0 aliphatic carbocycles. The Kier molecular flexibility index (Phi) is 8.10. The Morgan fingerprint density at radius 3 is 1.22 bits per heavy atom. The Morgan fingerprint density at radius 1 is 0.400 bits per heavy atom. The fourth-order valence-corrected chi connectivity index (χ4v) is 7.49. The Morgan fingerprint density at radius 2 is 0.778 bits per heavy atom. The van der Waals surface area contributed by atoms with E-state index >= 15 is 0 Å². The van der Waals surface area contributed by atoms with Crippen molar-refractivity contribution in [1.82, 2.24) is 0 Å². The van der Waals surface area contributed by atoms with Gasteiger partial charge in [-0.05, 0) is 75.6 Å². The van der Waals surface area contributed by atoms with Gasteiger partial charge in [0.15, 0.2) is 0 Å². The molecule has 6 aromatic carbocycles. The lowest BCUT2D eigenvalue weighted by atomic mass is 9.89. The second-order valence-corrected chi connectivity index (χ2v) is 12.4. The molecule has 7 rings (SSSR count). The quantitative estimate of drug-likeness (QED) is 0.161. The van der Waals surface area contributed by atoms with Gasteiger partial charge in [-0.2, -0.15) is 0 Å². The molecule has 45 heavy (non-hydrogen) atoms. The third kappa shape index (κ3) is 5.83. The van der Waals surface area contributed by atoms with Crippen molar-refractivity contribution in [2.45, 2.75) is 13.8 Å². The smallest absolute Gasteiger partial charge is 0.0434 e. The molecular weight excluding hydrogens is 561 g/mol. The van der Waals surface area contributed by atoms with E-state index in [2.05, 4.69) is 184 Å². The molecule has 0 unspecified atom stereocenters. The van der Waals surface area contributed by atoms with Crippen molar-refractivity contribution in [3.05, 3.63) is 192 Å². The molecule has 1 heterocycles. The van der Waals surface area contributed by atoms with Crippen molar-refractivity contribution in [1.29, 1.82) is 0 Å². The van der Waals surface area contributed by atoms with Gasteiger partial charge in [-0.3, -0.25) is 0 Å². The zero-order chi connectivity index (χ0) is 30.6. The Balaban J connectivity index is 1.40. The van der Waals surface area contributed by atoms with Crippen LogP contribution in [0, 0.1) is 13.8 Å². The summed E-state index contributed by atoms with van der Waals surface area (Å²) in [5.74, 6) is 0. The van der Waals surface area contributed by atoms with E-state index in [4.69, 9.17) is 0 Å². The Labute approximate surface area is 270 Å². The van der Waals surface area contributed by atoms with Gasteiger partial charge < -0.3 is 0 Å². The van der Waals surface area contributed by atoms with Crippen LogP contribution in [0.2, 0.25) is 0 Å². The maximum Gasteiger partial charge on any atom is 0.0434 e. The molecule has 216 valence electrons. The number of aryl methyl sites for hydroxylation is 2. The topological polar surface area (TPSA) is 0 Å². The fourth-order valence-electron chi connectivity index (χ4n) is 6.14. The maximum atomic E-state index is 2.34. The van der Waals surface area contributed by atoms with Gasteiger partial charge in [-0.15, -0.1) is 11.3 Å². The second kappa shape index (κ2) is 12.8. The molecule has 0 nitrogen and oxygen atoms in total. The van der Waals surface area contributed by atoms with Crippen LogP contribution in [0.15, 0.2) is 164 Å². The van der Waals surface area contributed by atoms with Gasteiger partial charge in [0.25, 0.3) is 0 Å². The summed E-state index contributed by atoms with van der Waals surface area (Å²) in [7, 11) is 0. The van der Waals surface area contributed by atoms with Gasteiger partial charge in [0.05, 0.1) is 0 Å². The summed E-state index contributed by atoms with van der Waals surface area (Å²) in [6.45, 7) is 4.39. The molecule has 0 N–H and O–H groups in total. The highest BCUT2D eigenvalue weighted by atomic mass is 32.1. The van der Waals surface area contributed by atoms with Gasteiger partial charge in [0.2, 0.25) is 0 Å². The van der Waals surface area contributed by atoms with Crippen molar-refractivity contribution in [3.63, 3.8) is 0 Å². The van der Waals surface area contributed by atoms with Crippen molar-refractivity contribution in [2.24, 2.45) is 0 Å². The van der Waals surface area contributed by atoms with E-state index in [-0.39, 0.29) is 0 Å². The average molecular weight is 595 g/mol. The molecule has 1 aromatic heterocycles. The van der Waals surface area contributed by atoms with E-state index in [9.17, 15) is 0 Å². The minimum Gasteiger partial charge on any atom is -0.134 e. The van der Waals surface area contributed by atoms with Crippen molar-refractivity contribution in [2.75, 3.05) is 0 Å². The monoisotopic (exact) mass is 594 g/mol. The predicted molar refractivity (Wildman–Crippen MR) is 195 cm³/mol. The van der Waals surface area contributed by atoms with Crippen molar-refractivity contribution in [3.8, 4) is 43.1 Å². The van der Waals surface area contributed by atoms with E-state index in [0.29, 0.717) is 0 Å². The Hall–Kier alpha value is -5.24. The third-order valence-electron chi connectivity index (χ3n) is 8.42. The van der Waals surface area contributed by atoms with E-state index < -0.39 is 0 Å². The van der Waals surface area contributed by atoms with Crippen LogP contribution in [-0.4, -0.2) is 0 Å². The Bertz CT molecular complexity index is 2030. The number of rotatable bonds is 7. The zero-order valence-corrected chi connectivity index (χ0v) is 26.4. The van der Waals surface area contributed by atoms with E-state index in [1.54, 1.807) is 0 Å². The van der Waals surface area contributed by atoms with Crippen LogP contribution >= 0.6 is 11.3 Å². The summed E-state index contributed by atoms with van der Waals surface area (Å²) in [4.78, 5) is 2.58. The first kappa shape index (κ1) is 28.5. The van der Waals surface area contributed by atoms with Gasteiger partial charge in [-0.1, -0.05) is 164 Å². The van der Waals surface area contributed by atoms with E-state index in [1.807, 2.05) is 11.3 Å². The summed E-state index contributed by atoms with van der Waals surface area (Å²) in [6.07, 6.45) is 2.34. The summed E-state index contributed by atoms with van der Waals surface area (Å²) < 4.78 is 0. The zero-order valence-electron chi connectivity index (χ0n) is 25.6. The first-order valence-electron chi connectivity index (χ1n) is 15.4. The average Bonchev–Trinajstić information content (AvgIpc) is 3.50. The minimum atomic E-state index is 1.18. The molecule has 0 amide bonds. The normalized spacial score (nSPS) is 10.9. The first-order valence-corrected chi connectivity index (χ1v) is 16.3. The number of hydrogen-bond donors (Lipinski definition) is 0. The predicted octanol–water partition coefficient (Wildman–Crippen LogP) is 12.6. The van der Waals surface area contributed by atoms with Crippen LogP contribution in [0.1, 0.15) is 27.8 Å². The molecule has 1 heteroatoms. The summed E-state index contributed by atoms with van der Waals surface area (Å²) >= 11 is 1.88. The largest absolute Gasteiger partial charge is 0.134 e. The van der Waals surface area contributed by atoms with E-state index in [1.165, 1.54) is 76.5 Å². The van der Waals surface area contributed by atoms with Gasteiger partial charge in [0.1, 0.15) is 0 Å². The third-order valence-corrected chi connectivity index (χ3v) is 9.71. The molecule has 0 saturated carbocycles. The molecule has 0 fully saturated rings. The number of hydrogen-bond acceptors (Lipinski definition) is 1. The lowest BCUT2D eigenvalue weighted by Crippen LogP contribution is -1.94. The standard InChI is InChI=1S/C44H34S/c1-31-16-12-14-24-38(31)40(39-25-15-13-17-32(39)2)30-33-26-28-37(29-27-33)44-42(35-20-8-4-9-21-35)41(34-18-6-3-7-19-34)43(45-44)36-22-10-5-11-23-36/h3-30H,1-2H3. The number of benzene rings is 6. The molecule has 0 aliphatic heterocycles. The van der Waals surface area contributed by atoms with Crippen LogP contribution in [0.3, 0.4) is 0 Å². The molecule has 0 bridgehead atoms. The van der Waals surface area contributed by atoms with Gasteiger partial charge >= 0.3 is 0 Å².